The number of hydrogen-bond donors (Lipinski definition) is 1. The lowest BCUT2D eigenvalue weighted by molar-refractivity contribution is 0.0773. The number of benzene rings is 2. The van der Waals surface area contributed by atoms with Gasteiger partial charge in [0.05, 0.1) is 10.6 Å². The van der Waals surface area contributed by atoms with E-state index in [0.29, 0.717) is 24.3 Å². The summed E-state index contributed by atoms with van der Waals surface area (Å²) in [5.41, 5.74) is 1.99. The van der Waals surface area contributed by atoms with E-state index in [1.807, 2.05) is 32.9 Å². The maximum atomic E-state index is 12.6. The van der Waals surface area contributed by atoms with Crippen LogP contribution in [0.15, 0.2) is 53.4 Å². The van der Waals surface area contributed by atoms with Crippen molar-refractivity contribution in [1.29, 1.82) is 0 Å². The van der Waals surface area contributed by atoms with Gasteiger partial charge in [0, 0.05) is 18.7 Å². The molecule has 0 unspecified atom stereocenters. The van der Waals surface area contributed by atoms with Crippen molar-refractivity contribution in [2.24, 2.45) is 0 Å². The Kier molecular flexibility index (Phi) is 6.20. The number of carbonyl (C=O) groups excluding carboxylic acids is 1. The molecule has 134 valence electrons. The smallest absolute Gasteiger partial charge is 0.261 e. The minimum atomic E-state index is -3.69. The molecule has 1 amide bonds. The van der Waals surface area contributed by atoms with E-state index in [2.05, 4.69) is 4.72 Å². The van der Waals surface area contributed by atoms with Crippen LogP contribution in [0.3, 0.4) is 0 Å². The number of sulfonamides is 1. The maximum absolute atomic E-state index is 12.6. The van der Waals surface area contributed by atoms with Gasteiger partial charge < -0.3 is 4.90 Å². The second-order valence-electron chi connectivity index (χ2n) is 5.62. The highest BCUT2D eigenvalue weighted by atomic mass is 32.2. The minimum Gasteiger partial charge on any atom is -0.339 e. The van der Waals surface area contributed by atoms with Crippen LogP contribution < -0.4 is 4.72 Å². The molecule has 0 atom stereocenters. The fourth-order valence-corrected chi connectivity index (χ4v) is 3.70. The van der Waals surface area contributed by atoms with E-state index in [4.69, 9.17) is 0 Å². The summed E-state index contributed by atoms with van der Waals surface area (Å²) in [5, 5.41) is 0. The van der Waals surface area contributed by atoms with Crippen LogP contribution in [-0.2, 0) is 16.4 Å². The van der Waals surface area contributed by atoms with Crippen molar-refractivity contribution in [2.45, 2.75) is 32.1 Å². The van der Waals surface area contributed by atoms with E-state index in [9.17, 15) is 13.2 Å². The molecule has 0 saturated carbocycles. The lowest BCUT2D eigenvalue weighted by atomic mass is 10.1. The van der Waals surface area contributed by atoms with Gasteiger partial charge in [-0.2, -0.15) is 0 Å². The second-order valence-corrected chi connectivity index (χ2v) is 7.30. The summed E-state index contributed by atoms with van der Waals surface area (Å²) in [6, 6.07) is 13.4. The largest absolute Gasteiger partial charge is 0.339 e. The number of para-hydroxylation sites is 1. The van der Waals surface area contributed by atoms with Crippen LogP contribution in [0.5, 0.6) is 0 Å². The molecular weight excluding hydrogens is 336 g/mol. The molecule has 25 heavy (non-hydrogen) atoms. The number of amides is 1. The normalized spacial score (nSPS) is 11.2. The summed E-state index contributed by atoms with van der Waals surface area (Å²) >= 11 is 0. The third kappa shape index (κ3) is 4.39. The lowest BCUT2D eigenvalue weighted by Gasteiger charge is -2.18. The monoisotopic (exact) mass is 360 g/mol. The minimum absolute atomic E-state index is 0.0989. The molecule has 0 aliphatic rings. The Balaban J connectivity index is 2.24. The first-order valence-electron chi connectivity index (χ1n) is 8.43. The molecule has 0 spiro atoms. The molecule has 0 saturated heterocycles. The Morgan fingerprint density at radius 3 is 2.12 bits per heavy atom. The number of nitrogens with one attached hydrogen (secondary N) is 1. The zero-order valence-corrected chi connectivity index (χ0v) is 15.6. The Labute approximate surface area is 149 Å². The third-order valence-corrected chi connectivity index (χ3v) is 5.49. The molecular formula is C19H24N2O3S. The fourth-order valence-electron chi connectivity index (χ4n) is 2.60. The molecule has 0 aromatic heterocycles. The highest BCUT2D eigenvalue weighted by Crippen LogP contribution is 2.21. The number of aryl methyl sites for hydroxylation is 1. The van der Waals surface area contributed by atoms with Gasteiger partial charge in [0.25, 0.3) is 15.9 Å². The summed E-state index contributed by atoms with van der Waals surface area (Å²) < 4.78 is 27.8. The van der Waals surface area contributed by atoms with E-state index in [-0.39, 0.29) is 10.8 Å². The molecule has 0 fully saturated rings. The standard InChI is InChI=1S/C19H24N2O3S/c1-4-15-9-7-8-10-18(15)20-25(23,24)17-13-11-16(12-14-17)19(22)21(5-2)6-3/h7-14,20H,4-6H2,1-3H3. The summed E-state index contributed by atoms with van der Waals surface area (Å²) in [5.74, 6) is -0.0989. The van der Waals surface area contributed by atoms with Crippen LogP contribution in [0.25, 0.3) is 0 Å². The zero-order valence-electron chi connectivity index (χ0n) is 14.8. The predicted molar refractivity (Wildman–Crippen MR) is 100 cm³/mol. The van der Waals surface area contributed by atoms with Crippen LogP contribution in [-0.4, -0.2) is 32.3 Å². The summed E-state index contributed by atoms with van der Waals surface area (Å²) in [6.07, 6.45) is 0.732. The number of carbonyl (C=O) groups is 1. The van der Waals surface area contributed by atoms with E-state index >= 15 is 0 Å². The Morgan fingerprint density at radius 1 is 0.960 bits per heavy atom. The first-order chi connectivity index (χ1) is 11.9. The number of anilines is 1. The van der Waals surface area contributed by atoms with Gasteiger partial charge in [-0.05, 0) is 56.2 Å². The van der Waals surface area contributed by atoms with E-state index in [0.717, 1.165) is 12.0 Å². The van der Waals surface area contributed by atoms with Crippen molar-refractivity contribution >= 4 is 21.6 Å². The van der Waals surface area contributed by atoms with Crippen LogP contribution in [0.4, 0.5) is 5.69 Å². The van der Waals surface area contributed by atoms with Crippen LogP contribution in [0.2, 0.25) is 0 Å². The molecule has 0 bridgehead atoms. The summed E-state index contributed by atoms with van der Waals surface area (Å²) in [4.78, 5) is 14.1. The van der Waals surface area contributed by atoms with Gasteiger partial charge in [0.2, 0.25) is 0 Å². The summed E-state index contributed by atoms with van der Waals surface area (Å²) in [7, 11) is -3.69. The molecule has 0 aliphatic carbocycles. The van der Waals surface area contributed by atoms with E-state index in [1.165, 1.54) is 12.1 Å². The van der Waals surface area contributed by atoms with Crippen molar-refractivity contribution in [1.82, 2.24) is 4.90 Å². The Morgan fingerprint density at radius 2 is 1.56 bits per heavy atom. The molecule has 2 rings (SSSR count). The average molecular weight is 360 g/mol. The van der Waals surface area contributed by atoms with Gasteiger partial charge in [-0.15, -0.1) is 0 Å². The van der Waals surface area contributed by atoms with E-state index < -0.39 is 10.0 Å². The lowest BCUT2D eigenvalue weighted by Crippen LogP contribution is -2.30. The van der Waals surface area contributed by atoms with Gasteiger partial charge in [0.15, 0.2) is 0 Å². The van der Waals surface area contributed by atoms with Gasteiger partial charge in [-0.25, -0.2) is 8.42 Å². The molecule has 1 N–H and O–H groups in total. The fraction of sp³-hybridized carbons (Fsp3) is 0.316. The SMILES string of the molecule is CCc1ccccc1NS(=O)(=O)c1ccc(C(=O)N(CC)CC)cc1. The van der Waals surface area contributed by atoms with Crippen molar-refractivity contribution in [3.05, 3.63) is 59.7 Å². The summed E-state index contributed by atoms with van der Waals surface area (Å²) in [6.45, 7) is 7.03. The molecule has 2 aromatic rings. The average Bonchev–Trinajstić information content (AvgIpc) is 2.63. The Bertz CT molecular complexity index is 826. The third-order valence-electron chi connectivity index (χ3n) is 4.10. The van der Waals surface area contributed by atoms with Crippen molar-refractivity contribution < 1.29 is 13.2 Å². The predicted octanol–water partition coefficient (Wildman–Crippen LogP) is 3.53. The zero-order chi connectivity index (χ0) is 18.4. The maximum Gasteiger partial charge on any atom is 0.261 e. The molecule has 6 heteroatoms. The van der Waals surface area contributed by atoms with E-state index in [1.54, 1.807) is 29.2 Å². The molecule has 2 aromatic carbocycles. The van der Waals surface area contributed by atoms with Crippen molar-refractivity contribution in [3.63, 3.8) is 0 Å². The van der Waals surface area contributed by atoms with Crippen LogP contribution in [0.1, 0.15) is 36.7 Å². The second kappa shape index (κ2) is 8.16. The number of rotatable bonds is 7. The highest BCUT2D eigenvalue weighted by molar-refractivity contribution is 7.92. The van der Waals surface area contributed by atoms with Gasteiger partial charge >= 0.3 is 0 Å². The molecule has 0 heterocycles. The quantitative estimate of drug-likeness (QED) is 0.821. The molecule has 0 radical (unpaired) electrons. The number of nitrogens with zero attached hydrogens (tertiary/aromatic N) is 1. The van der Waals surface area contributed by atoms with Gasteiger partial charge in [-0.3, -0.25) is 9.52 Å². The van der Waals surface area contributed by atoms with Crippen LogP contribution >= 0.6 is 0 Å². The van der Waals surface area contributed by atoms with Gasteiger partial charge in [0.1, 0.15) is 0 Å². The highest BCUT2D eigenvalue weighted by Gasteiger charge is 2.17. The topological polar surface area (TPSA) is 66.5 Å². The first-order valence-corrected chi connectivity index (χ1v) is 9.91. The van der Waals surface area contributed by atoms with Crippen LogP contribution in [0, 0.1) is 0 Å². The number of hydrogen-bond acceptors (Lipinski definition) is 3. The molecule has 5 nitrogen and oxygen atoms in total. The molecule has 0 aliphatic heterocycles. The van der Waals surface area contributed by atoms with Gasteiger partial charge in [-0.1, -0.05) is 25.1 Å². The Hall–Kier alpha value is -2.34. The van der Waals surface area contributed by atoms with Crippen molar-refractivity contribution in [2.75, 3.05) is 17.8 Å². The van der Waals surface area contributed by atoms with Crippen molar-refractivity contribution in [3.8, 4) is 0 Å². The first kappa shape index (κ1) is 19.0.